The molecule has 1 saturated carbocycles. The van der Waals surface area contributed by atoms with Gasteiger partial charge in [-0.1, -0.05) is 6.07 Å². The fourth-order valence-corrected chi connectivity index (χ4v) is 3.60. The maximum absolute atomic E-state index is 13.1. The molecule has 29 heavy (non-hydrogen) atoms. The van der Waals surface area contributed by atoms with E-state index in [9.17, 15) is 14.0 Å². The fraction of sp³-hybridized carbons (Fsp3) is 0.391. The molecule has 2 aliphatic rings. The lowest BCUT2D eigenvalue weighted by Crippen LogP contribution is -2.41. The highest BCUT2D eigenvalue weighted by molar-refractivity contribution is 5.95. The first-order valence-corrected chi connectivity index (χ1v) is 10.2. The summed E-state index contributed by atoms with van der Waals surface area (Å²) >= 11 is 0. The number of likely N-dealkylation sites (tertiary alicyclic amines) is 1. The molecule has 6 heteroatoms. The van der Waals surface area contributed by atoms with Crippen molar-refractivity contribution < 1.29 is 18.7 Å². The van der Waals surface area contributed by atoms with E-state index in [4.69, 9.17) is 4.74 Å². The van der Waals surface area contributed by atoms with E-state index in [1.54, 1.807) is 12.1 Å². The molecule has 2 amide bonds. The van der Waals surface area contributed by atoms with Crippen molar-refractivity contribution in [2.75, 3.05) is 19.7 Å². The van der Waals surface area contributed by atoms with Crippen molar-refractivity contribution in [2.24, 2.45) is 5.92 Å². The Morgan fingerprint density at radius 3 is 2.62 bits per heavy atom. The van der Waals surface area contributed by atoms with E-state index < -0.39 is 0 Å². The molecule has 2 aromatic rings. The van der Waals surface area contributed by atoms with Gasteiger partial charge in [-0.3, -0.25) is 9.59 Å². The molecule has 0 bridgehead atoms. The molecule has 152 valence electrons. The molecule has 0 unspecified atom stereocenters. The Kier molecular flexibility index (Phi) is 5.79. The zero-order valence-corrected chi connectivity index (χ0v) is 16.3. The minimum absolute atomic E-state index is 0.0633. The van der Waals surface area contributed by atoms with E-state index in [0.29, 0.717) is 42.6 Å². The summed E-state index contributed by atoms with van der Waals surface area (Å²) in [7, 11) is 0. The SMILES string of the molecule is O=C(NC1CC1)c1cccc(OC[C@H]2CCCN(C(=O)c3ccc(F)cc3)C2)c1. The summed E-state index contributed by atoms with van der Waals surface area (Å²) in [4.78, 5) is 26.7. The van der Waals surface area contributed by atoms with Gasteiger partial charge in [-0.15, -0.1) is 0 Å². The predicted octanol–water partition coefficient (Wildman–Crippen LogP) is 3.65. The van der Waals surface area contributed by atoms with Crippen molar-refractivity contribution >= 4 is 11.8 Å². The van der Waals surface area contributed by atoms with Crippen LogP contribution in [-0.2, 0) is 0 Å². The predicted molar refractivity (Wildman–Crippen MR) is 107 cm³/mol. The molecule has 1 atom stereocenters. The van der Waals surface area contributed by atoms with Crippen LogP contribution in [0.15, 0.2) is 48.5 Å². The quantitative estimate of drug-likeness (QED) is 0.811. The minimum Gasteiger partial charge on any atom is -0.493 e. The second-order valence-electron chi connectivity index (χ2n) is 7.85. The third-order valence-electron chi connectivity index (χ3n) is 5.39. The molecule has 5 nitrogen and oxygen atoms in total. The summed E-state index contributed by atoms with van der Waals surface area (Å²) in [6.07, 6.45) is 3.99. The van der Waals surface area contributed by atoms with Crippen LogP contribution in [0.2, 0.25) is 0 Å². The highest BCUT2D eigenvalue weighted by Gasteiger charge is 2.26. The average molecular weight is 396 g/mol. The number of amides is 2. The van der Waals surface area contributed by atoms with Crippen LogP contribution in [-0.4, -0.2) is 42.5 Å². The van der Waals surface area contributed by atoms with Gasteiger partial charge in [0.1, 0.15) is 11.6 Å². The first-order chi connectivity index (χ1) is 14.1. The molecule has 1 aliphatic carbocycles. The molecule has 1 N–H and O–H groups in total. The number of benzene rings is 2. The number of nitrogens with one attached hydrogen (secondary N) is 1. The lowest BCUT2D eigenvalue weighted by atomic mass is 9.98. The van der Waals surface area contributed by atoms with Crippen molar-refractivity contribution in [3.05, 3.63) is 65.5 Å². The Labute approximate surface area is 169 Å². The van der Waals surface area contributed by atoms with Gasteiger partial charge in [0, 0.05) is 36.2 Å². The zero-order valence-electron chi connectivity index (χ0n) is 16.3. The molecule has 1 aliphatic heterocycles. The fourth-order valence-electron chi connectivity index (χ4n) is 3.60. The van der Waals surface area contributed by atoms with Crippen LogP contribution in [0.25, 0.3) is 0 Å². The van der Waals surface area contributed by atoms with Gasteiger partial charge < -0.3 is 15.0 Å². The van der Waals surface area contributed by atoms with E-state index in [-0.39, 0.29) is 23.5 Å². The van der Waals surface area contributed by atoms with Gasteiger partial charge in [0.15, 0.2) is 0 Å². The number of carbonyl (C=O) groups is 2. The van der Waals surface area contributed by atoms with E-state index in [2.05, 4.69) is 5.32 Å². The smallest absolute Gasteiger partial charge is 0.253 e. The molecule has 1 heterocycles. The maximum Gasteiger partial charge on any atom is 0.253 e. The number of carbonyl (C=O) groups excluding carboxylic acids is 2. The van der Waals surface area contributed by atoms with Gasteiger partial charge >= 0.3 is 0 Å². The molecular weight excluding hydrogens is 371 g/mol. The maximum atomic E-state index is 13.1. The molecular formula is C23H25FN2O3. The number of halogens is 1. The van der Waals surface area contributed by atoms with Crippen LogP contribution in [0.5, 0.6) is 5.75 Å². The summed E-state index contributed by atoms with van der Waals surface area (Å²) in [5.74, 6) is 0.396. The number of piperidine rings is 1. The monoisotopic (exact) mass is 396 g/mol. The van der Waals surface area contributed by atoms with Crippen LogP contribution in [0, 0.1) is 11.7 Å². The Hall–Kier alpha value is -2.89. The minimum atomic E-state index is -0.348. The van der Waals surface area contributed by atoms with Crippen molar-refractivity contribution in [3.8, 4) is 5.75 Å². The van der Waals surface area contributed by atoms with Crippen LogP contribution in [0.3, 0.4) is 0 Å². The Balaban J connectivity index is 1.32. The molecule has 0 radical (unpaired) electrons. The van der Waals surface area contributed by atoms with Crippen molar-refractivity contribution in [1.82, 2.24) is 10.2 Å². The summed E-state index contributed by atoms with van der Waals surface area (Å²) in [5.41, 5.74) is 1.11. The third-order valence-corrected chi connectivity index (χ3v) is 5.39. The Morgan fingerprint density at radius 2 is 1.86 bits per heavy atom. The van der Waals surface area contributed by atoms with Crippen LogP contribution in [0.1, 0.15) is 46.4 Å². The summed E-state index contributed by atoms with van der Waals surface area (Å²) < 4.78 is 19.0. The lowest BCUT2D eigenvalue weighted by Gasteiger charge is -2.32. The molecule has 2 fully saturated rings. The van der Waals surface area contributed by atoms with E-state index in [1.165, 1.54) is 24.3 Å². The first-order valence-electron chi connectivity index (χ1n) is 10.2. The van der Waals surface area contributed by atoms with Crippen molar-refractivity contribution in [3.63, 3.8) is 0 Å². The number of ether oxygens (including phenoxy) is 1. The van der Waals surface area contributed by atoms with Gasteiger partial charge in [0.05, 0.1) is 6.61 Å². The number of hydrogen-bond donors (Lipinski definition) is 1. The van der Waals surface area contributed by atoms with Gasteiger partial charge in [0.2, 0.25) is 0 Å². The molecule has 0 aromatic heterocycles. The molecule has 2 aromatic carbocycles. The van der Waals surface area contributed by atoms with Crippen LogP contribution < -0.4 is 10.1 Å². The normalized spacial score (nSPS) is 18.9. The Morgan fingerprint density at radius 1 is 1.07 bits per heavy atom. The molecule has 1 saturated heterocycles. The molecule has 0 spiro atoms. The average Bonchev–Trinajstić information content (AvgIpc) is 3.57. The second-order valence-corrected chi connectivity index (χ2v) is 7.85. The third kappa shape index (κ3) is 5.13. The second kappa shape index (κ2) is 8.64. The first kappa shape index (κ1) is 19.4. The standard InChI is InChI=1S/C23H25FN2O3/c24-19-8-6-17(7-9-19)23(28)26-12-2-3-16(14-26)15-29-21-5-1-4-18(13-21)22(27)25-20-10-11-20/h1,4-9,13,16,20H,2-3,10-12,14-15H2,(H,25,27)/t16-/m0/s1. The van der Waals surface area contributed by atoms with E-state index in [1.807, 2.05) is 17.0 Å². The van der Waals surface area contributed by atoms with Gasteiger partial charge in [-0.25, -0.2) is 4.39 Å². The zero-order chi connectivity index (χ0) is 20.2. The van der Waals surface area contributed by atoms with Crippen LogP contribution in [0.4, 0.5) is 4.39 Å². The van der Waals surface area contributed by atoms with E-state index in [0.717, 1.165) is 25.7 Å². The topological polar surface area (TPSA) is 58.6 Å². The van der Waals surface area contributed by atoms with E-state index >= 15 is 0 Å². The number of hydrogen-bond acceptors (Lipinski definition) is 3. The Bertz CT molecular complexity index is 880. The number of rotatable bonds is 6. The largest absolute Gasteiger partial charge is 0.493 e. The van der Waals surface area contributed by atoms with Crippen LogP contribution >= 0.6 is 0 Å². The highest BCUT2D eigenvalue weighted by atomic mass is 19.1. The summed E-state index contributed by atoms with van der Waals surface area (Å²) in [6, 6.07) is 13.2. The number of nitrogens with zero attached hydrogens (tertiary/aromatic N) is 1. The van der Waals surface area contributed by atoms with Gasteiger partial charge in [-0.05, 0) is 68.1 Å². The van der Waals surface area contributed by atoms with Crippen molar-refractivity contribution in [2.45, 2.75) is 31.7 Å². The lowest BCUT2D eigenvalue weighted by molar-refractivity contribution is 0.0633. The highest BCUT2D eigenvalue weighted by Crippen LogP contribution is 2.22. The van der Waals surface area contributed by atoms with Gasteiger partial charge in [-0.2, -0.15) is 0 Å². The summed E-state index contributed by atoms with van der Waals surface area (Å²) in [5, 5.41) is 2.98. The summed E-state index contributed by atoms with van der Waals surface area (Å²) in [6.45, 7) is 1.79. The van der Waals surface area contributed by atoms with Gasteiger partial charge in [0.25, 0.3) is 11.8 Å². The van der Waals surface area contributed by atoms with Crippen molar-refractivity contribution in [1.29, 1.82) is 0 Å². The molecule has 4 rings (SSSR count).